The summed E-state index contributed by atoms with van der Waals surface area (Å²) in [4.78, 5) is 10.6. The third-order valence-corrected chi connectivity index (χ3v) is 1.56. The van der Waals surface area contributed by atoms with Crippen LogP contribution in [0.2, 0.25) is 0 Å². The van der Waals surface area contributed by atoms with E-state index in [1.165, 1.54) is 7.11 Å². The van der Waals surface area contributed by atoms with Crippen LogP contribution in [0, 0.1) is 0 Å². The van der Waals surface area contributed by atoms with Crippen molar-refractivity contribution in [1.29, 1.82) is 0 Å². The first-order chi connectivity index (χ1) is 4.22. The van der Waals surface area contributed by atoms with Gasteiger partial charge in [-0.3, -0.25) is 4.79 Å². The normalized spacial score (nSPS) is 12.8. The summed E-state index contributed by atoms with van der Waals surface area (Å²) in [6, 6.07) is -0.294. The molecular formula is C4H9NO2S2. The van der Waals surface area contributed by atoms with Crippen LogP contribution in [-0.4, -0.2) is 19.1 Å². The summed E-state index contributed by atoms with van der Waals surface area (Å²) in [5.41, 5.74) is 0. The van der Waals surface area contributed by atoms with Gasteiger partial charge in [0.05, 0.1) is 7.11 Å². The van der Waals surface area contributed by atoms with Gasteiger partial charge >= 0.3 is 5.97 Å². The molecule has 0 aliphatic rings. The first-order valence-electron chi connectivity index (χ1n) is 2.36. The first-order valence-corrected chi connectivity index (χ1v) is 4.23. The highest BCUT2D eigenvalue weighted by Gasteiger charge is 2.10. The molecule has 0 aromatic carbocycles. The van der Waals surface area contributed by atoms with Crippen LogP contribution in [0.5, 0.6) is 0 Å². The average Bonchev–Trinajstić information content (AvgIpc) is 1.87. The average molecular weight is 167 g/mol. The van der Waals surface area contributed by atoms with Gasteiger partial charge < -0.3 is 4.74 Å². The van der Waals surface area contributed by atoms with Crippen LogP contribution >= 0.6 is 22.6 Å². The summed E-state index contributed by atoms with van der Waals surface area (Å²) in [5, 5.41) is 0. The molecule has 0 amide bonds. The highest BCUT2D eigenvalue weighted by Crippen LogP contribution is 2.00. The zero-order valence-electron chi connectivity index (χ0n) is 5.25. The maximum absolute atomic E-state index is 10.6. The van der Waals surface area contributed by atoms with Crippen molar-refractivity contribution in [3.05, 3.63) is 0 Å². The van der Waals surface area contributed by atoms with E-state index >= 15 is 0 Å². The van der Waals surface area contributed by atoms with Crippen LogP contribution in [0.1, 0.15) is 6.92 Å². The van der Waals surface area contributed by atoms with Crippen molar-refractivity contribution < 1.29 is 9.53 Å². The Morgan fingerprint density at radius 1 is 1.89 bits per heavy atom. The fraction of sp³-hybridized carbons (Fsp3) is 0.750. The lowest BCUT2D eigenvalue weighted by Crippen LogP contribution is -2.29. The Morgan fingerprint density at radius 2 is 2.44 bits per heavy atom. The lowest BCUT2D eigenvalue weighted by molar-refractivity contribution is -0.142. The number of hydrogen-bond acceptors (Lipinski definition) is 5. The van der Waals surface area contributed by atoms with Crippen LogP contribution in [0.4, 0.5) is 0 Å². The second-order valence-electron chi connectivity index (χ2n) is 1.45. The molecule has 3 nitrogen and oxygen atoms in total. The molecule has 0 aromatic heterocycles. The predicted octanol–water partition coefficient (Wildman–Crippen LogP) is 0.630. The number of esters is 1. The summed E-state index contributed by atoms with van der Waals surface area (Å²) in [6.45, 7) is 1.70. The molecule has 1 unspecified atom stereocenters. The van der Waals surface area contributed by atoms with Crippen LogP contribution < -0.4 is 4.72 Å². The minimum absolute atomic E-state index is 0.281. The van der Waals surface area contributed by atoms with Crippen molar-refractivity contribution in [3.63, 3.8) is 0 Å². The van der Waals surface area contributed by atoms with E-state index in [1.54, 1.807) is 6.92 Å². The monoisotopic (exact) mass is 167 g/mol. The SMILES string of the molecule is COC(=O)C(C)NSS. The van der Waals surface area contributed by atoms with Crippen LogP contribution in [0.3, 0.4) is 0 Å². The second kappa shape index (κ2) is 4.96. The summed E-state index contributed by atoms with van der Waals surface area (Å²) in [6.07, 6.45) is 0. The number of carbonyl (C=O) groups excluding carboxylic acids is 1. The van der Waals surface area contributed by atoms with Crippen molar-refractivity contribution in [1.82, 2.24) is 4.72 Å². The maximum atomic E-state index is 10.6. The zero-order chi connectivity index (χ0) is 7.28. The number of ether oxygens (including phenoxy) is 1. The molecule has 0 aliphatic heterocycles. The van der Waals surface area contributed by atoms with Crippen molar-refractivity contribution in [2.24, 2.45) is 0 Å². The van der Waals surface area contributed by atoms with E-state index in [2.05, 4.69) is 21.1 Å². The largest absolute Gasteiger partial charge is 0.468 e. The molecule has 0 saturated carbocycles. The smallest absolute Gasteiger partial charge is 0.323 e. The Kier molecular flexibility index (Phi) is 5.03. The summed E-state index contributed by atoms with van der Waals surface area (Å²) >= 11 is 3.79. The molecule has 1 N–H and O–H groups in total. The van der Waals surface area contributed by atoms with Gasteiger partial charge in [0.15, 0.2) is 0 Å². The third-order valence-electron chi connectivity index (χ3n) is 0.784. The Bertz CT molecular complexity index is 98.6. The minimum atomic E-state index is -0.294. The predicted molar refractivity (Wildman–Crippen MR) is 41.2 cm³/mol. The molecule has 0 heterocycles. The number of rotatable bonds is 3. The van der Waals surface area contributed by atoms with Gasteiger partial charge in [-0.1, -0.05) is 11.7 Å². The summed E-state index contributed by atoms with van der Waals surface area (Å²) in [5.74, 6) is -0.281. The second-order valence-corrected chi connectivity index (χ2v) is 2.42. The Hall–Kier alpha value is 0.130. The van der Waals surface area contributed by atoms with E-state index in [4.69, 9.17) is 0 Å². The van der Waals surface area contributed by atoms with E-state index in [0.29, 0.717) is 0 Å². The van der Waals surface area contributed by atoms with Gasteiger partial charge in [-0.15, -0.1) is 0 Å². The molecule has 9 heavy (non-hydrogen) atoms. The number of methoxy groups -OCH3 is 1. The first kappa shape index (κ1) is 9.13. The fourth-order valence-electron chi connectivity index (χ4n) is 0.304. The minimum Gasteiger partial charge on any atom is -0.468 e. The van der Waals surface area contributed by atoms with Crippen molar-refractivity contribution in [3.8, 4) is 0 Å². The van der Waals surface area contributed by atoms with E-state index in [9.17, 15) is 4.79 Å². The van der Waals surface area contributed by atoms with Crippen molar-refractivity contribution >= 4 is 28.6 Å². The standard InChI is InChI=1S/C4H9NO2S2/c1-3(5-9-8)4(6)7-2/h3,5,8H,1-2H3. The fourth-order valence-corrected chi connectivity index (χ4v) is 1.03. The van der Waals surface area contributed by atoms with Gasteiger partial charge in [-0.25, -0.2) is 4.72 Å². The van der Waals surface area contributed by atoms with E-state index in [-0.39, 0.29) is 12.0 Å². The summed E-state index contributed by atoms with van der Waals surface area (Å²) < 4.78 is 7.12. The lowest BCUT2D eigenvalue weighted by atomic mass is 10.4. The Balaban J connectivity index is 3.45. The van der Waals surface area contributed by atoms with Gasteiger partial charge in [-0.05, 0) is 17.9 Å². The number of hydrogen-bond donors (Lipinski definition) is 2. The molecule has 0 fully saturated rings. The molecular weight excluding hydrogens is 158 g/mol. The third kappa shape index (κ3) is 3.66. The van der Waals surface area contributed by atoms with Crippen LogP contribution in [0.15, 0.2) is 0 Å². The summed E-state index contributed by atoms with van der Waals surface area (Å²) in [7, 11) is 2.45. The van der Waals surface area contributed by atoms with E-state index in [1.807, 2.05) is 0 Å². The van der Waals surface area contributed by atoms with Gasteiger partial charge in [0.1, 0.15) is 6.04 Å². The highest BCUT2D eigenvalue weighted by molar-refractivity contribution is 8.67. The van der Waals surface area contributed by atoms with Gasteiger partial charge in [-0.2, -0.15) is 0 Å². The topological polar surface area (TPSA) is 38.3 Å². The van der Waals surface area contributed by atoms with Crippen LogP contribution in [-0.2, 0) is 9.53 Å². The molecule has 54 valence electrons. The molecule has 0 aliphatic carbocycles. The molecule has 0 spiro atoms. The van der Waals surface area contributed by atoms with Gasteiger partial charge in [0.2, 0.25) is 0 Å². The molecule has 0 radical (unpaired) electrons. The molecule has 0 rings (SSSR count). The van der Waals surface area contributed by atoms with Gasteiger partial charge in [0.25, 0.3) is 0 Å². The number of thiol groups is 1. The molecule has 0 bridgehead atoms. The number of carbonyl (C=O) groups is 1. The highest BCUT2D eigenvalue weighted by atomic mass is 33.1. The van der Waals surface area contributed by atoms with Crippen molar-refractivity contribution in [2.75, 3.05) is 7.11 Å². The van der Waals surface area contributed by atoms with E-state index < -0.39 is 0 Å². The van der Waals surface area contributed by atoms with E-state index in [0.717, 1.165) is 11.0 Å². The molecule has 0 saturated heterocycles. The quantitative estimate of drug-likeness (QED) is 0.280. The lowest BCUT2D eigenvalue weighted by Gasteiger charge is -2.06. The molecule has 5 heteroatoms. The zero-order valence-corrected chi connectivity index (χ0v) is 6.96. The van der Waals surface area contributed by atoms with Crippen molar-refractivity contribution in [2.45, 2.75) is 13.0 Å². The maximum Gasteiger partial charge on any atom is 0.323 e. The Labute approximate surface area is 63.5 Å². The van der Waals surface area contributed by atoms with Gasteiger partial charge in [0, 0.05) is 0 Å². The van der Waals surface area contributed by atoms with Crippen LogP contribution in [0.25, 0.3) is 0 Å². The molecule has 0 aromatic rings. The molecule has 1 atom stereocenters. The number of nitrogens with one attached hydrogen (secondary N) is 1. The Morgan fingerprint density at radius 3 is 2.78 bits per heavy atom.